The van der Waals surface area contributed by atoms with Gasteiger partial charge in [0.15, 0.2) is 6.10 Å². The van der Waals surface area contributed by atoms with E-state index in [1.54, 1.807) is 13.2 Å². The number of rotatable bonds is 5. The molecule has 0 unspecified atom stereocenters. The minimum atomic E-state index is -0.732. The number of carbonyl (C=O) groups excluding carboxylic acids is 1. The first-order valence-electron chi connectivity index (χ1n) is 9.75. The minimum absolute atomic E-state index is 0.0459. The highest BCUT2D eigenvalue weighted by atomic mass is 19.1. The number of hydrogen-bond acceptors (Lipinski definition) is 6. The van der Waals surface area contributed by atoms with E-state index in [-0.39, 0.29) is 24.0 Å². The molecule has 0 aliphatic carbocycles. The standard InChI is InChI=1S/C24H17FN2O4/c1-14(23-26-27-24(31-23)16-6-9-18(25)10-7-16)30-21(28)12-17-13-29-20-11-8-15-4-2-3-5-19(15)22(17)20/h2-11,13-14H,12H2,1H3/t14-/m0/s1. The monoisotopic (exact) mass is 416 g/mol. The van der Waals surface area contributed by atoms with Gasteiger partial charge in [0, 0.05) is 16.5 Å². The second-order valence-electron chi connectivity index (χ2n) is 7.18. The highest BCUT2D eigenvalue weighted by molar-refractivity contribution is 6.08. The first-order valence-corrected chi connectivity index (χ1v) is 9.75. The van der Waals surface area contributed by atoms with Gasteiger partial charge in [-0.1, -0.05) is 30.3 Å². The lowest BCUT2D eigenvalue weighted by Crippen LogP contribution is -2.11. The third-order valence-electron chi connectivity index (χ3n) is 5.06. The Labute approximate surface area is 176 Å². The second-order valence-corrected chi connectivity index (χ2v) is 7.18. The number of furan rings is 1. The lowest BCUT2D eigenvalue weighted by molar-refractivity contribution is -0.148. The molecule has 0 spiro atoms. The molecule has 1 atom stereocenters. The number of halogens is 1. The van der Waals surface area contributed by atoms with Crippen LogP contribution in [0.25, 0.3) is 33.2 Å². The van der Waals surface area contributed by atoms with Crippen molar-refractivity contribution in [1.29, 1.82) is 0 Å². The van der Waals surface area contributed by atoms with Gasteiger partial charge >= 0.3 is 5.97 Å². The Hall–Kier alpha value is -4.00. The van der Waals surface area contributed by atoms with Crippen molar-refractivity contribution in [3.8, 4) is 11.5 Å². The van der Waals surface area contributed by atoms with Gasteiger partial charge in [-0.25, -0.2) is 4.39 Å². The van der Waals surface area contributed by atoms with Crippen LogP contribution in [0.1, 0.15) is 24.5 Å². The van der Waals surface area contributed by atoms with E-state index in [0.717, 1.165) is 27.3 Å². The molecule has 0 saturated carbocycles. The smallest absolute Gasteiger partial charge is 0.311 e. The molecule has 0 bridgehead atoms. The van der Waals surface area contributed by atoms with Crippen LogP contribution >= 0.6 is 0 Å². The largest absolute Gasteiger partial charge is 0.464 e. The molecule has 2 heterocycles. The van der Waals surface area contributed by atoms with Gasteiger partial charge in [-0.05, 0) is 48.0 Å². The van der Waals surface area contributed by atoms with Gasteiger partial charge in [0.1, 0.15) is 11.4 Å². The summed E-state index contributed by atoms with van der Waals surface area (Å²) in [5, 5.41) is 10.9. The van der Waals surface area contributed by atoms with Crippen LogP contribution in [0.2, 0.25) is 0 Å². The van der Waals surface area contributed by atoms with E-state index in [0.29, 0.717) is 5.56 Å². The van der Waals surface area contributed by atoms with E-state index in [9.17, 15) is 9.18 Å². The zero-order chi connectivity index (χ0) is 21.4. The fourth-order valence-corrected chi connectivity index (χ4v) is 3.56. The molecule has 0 radical (unpaired) electrons. The Morgan fingerprint density at radius 1 is 1.06 bits per heavy atom. The molecule has 6 nitrogen and oxygen atoms in total. The number of hydrogen-bond donors (Lipinski definition) is 0. The third kappa shape index (κ3) is 3.66. The van der Waals surface area contributed by atoms with Crippen LogP contribution in [-0.2, 0) is 16.0 Å². The minimum Gasteiger partial charge on any atom is -0.464 e. The van der Waals surface area contributed by atoms with E-state index in [1.165, 1.54) is 24.3 Å². The summed E-state index contributed by atoms with van der Waals surface area (Å²) in [6.45, 7) is 1.66. The third-order valence-corrected chi connectivity index (χ3v) is 5.06. The Bertz CT molecular complexity index is 1390. The highest BCUT2D eigenvalue weighted by Crippen LogP contribution is 2.30. The fourth-order valence-electron chi connectivity index (χ4n) is 3.56. The van der Waals surface area contributed by atoms with Crippen molar-refractivity contribution in [2.75, 3.05) is 0 Å². The first-order chi connectivity index (χ1) is 15.1. The van der Waals surface area contributed by atoms with Gasteiger partial charge in [0.05, 0.1) is 12.7 Å². The SMILES string of the molecule is C[C@H](OC(=O)Cc1coc2ccc3ccccc3c12)c1nnc(-c2ccc(F)cc2)o1. The second kappa shape index (κ2) is 7.68. The summed E-state index contributed by atoms with van der Waals surface area (Å²) in [6.07, 6.45) is 0.899. The van der Waals surface area contributed by atoms with Crippen molar-refractivity contribution in [3.63, 3.8) is 0 Å². The zero-order valence-corrected chi connectivity index (χ0v) is 16.5. The van der Waals surface area contributed by atoms with Crippen LogP contribution in [0.3, 0.4) is 0 Å². The maximum atomic E-state index is 13.1. The van der Waals surface area contributed by atoms with Crippen molar-refractivity contribution >= 4 is 27.7 Å². The van der Waals surface area contributed by atoms with Crippen LogP contribution in [0.15, 0.2) is 75.8 Å². The molecule has 5 rings (SSSR count). The number of ether oxygens (including phenoxy) is 1. The van der Waals surface area contributed by atoms with Gasteiger partial charge in [0.2, 0.25) is 5.89 Å². The fraction of sp³-hybridized carbons (Fsp3) is 0.125. The number of benzene rings is 3. The molecule has 5 aromatic rings. The Morgan fingerprint density at radius 3 is 2.71 bits per heavy atom. The summed E-state index contributed by atoms with van der Waals surface area (Å²) >= 11 is 0. The summed E-state index contributed by atoms with van der Waals surface area (Å²) in [4.78, 5) is 12.6. The molecule has 0 saturated heterocycles. The lowest BCUT2D eigenvalue weighted by Gasteiger charge is -2.09. The quantitative estimate of drug-likeness (QED) is 0.346. The van der Waals surface area contributed by atoms with Crippen molar-refractivity contribution in [3.05, 3.63) is 84.2 Å². The molecule has 2 aromatic heterocycles. The predicted octanol–water partition coefficient (Wildman–Crippen LogP) is 5.62. The Morgan fingerprint density at radius 2 is 1.87 bits per heavy atom. The molecule has 0 aliphatic rings. The van der Waals surface area contributed by atoms with Crippen LogP contribution in [0.4, 0.5) is 4.39 Å². The van der Waals surface area contributed by atoms with Crippen LogP contribution in [-0.4, -0.2) is 16.2 Å². The van der Waals surface area contributed by atoms with Crippen LogP contribution < -0.4 is 0 Å². The molecular formula is C24H17FN2O4. The average Bonchev–Trinajstić information content (AvgIpc) is 3.42. The van der Waals surface area contributed by atoms with E-state index in [4.69, 9.17) is 13.6 Å². The summed E-state index contributed by atoms with van der Waals surface area (Å²) in [5.41, 5.74) is 2.05. The number of fused-ring (bicyclic) bond motifs is 3. The van der Waals surface area contributed by atoms with Crippen molar-refractivity contribution in [2.45, 2.75) is 19.4 Å². The normalized spacial score (nSPS) is 12.3. The van der Waals surface area contributed by atoms with E-state index >= 15 is 0 Å². The topological polar surface area (TPSA) is 78.4 Å². The Kier molecular flexibility index (Phi) is 4.71. The van der Waals surface area contributed by atoms with Crippen molar-refractivity contribution < 1.29 is 22.8 Å². The van der Waals surface area contributed by atoms with E-state index in [1.807, 2.05) is 36.4 Å². The van der Waals surface area contributed by atoms with Crippen LogP contribution in [0, 0.1) is 5.82 Å². The van der Waals surface area contributed by atoms with Crippen LogP contribution in [0.5, 0.6) is 0 Å². The molecule has 154 valence electrons. The predicted molar refractivity (Wildman–Crippen MR) is 112 cm³/mol. The molecule has 0 N–H and O–H groups in total. The maximum Gasteiger partial charge on any atom is 0.311 e. The molecule has 3 aromatic carbocycles. The van der Waals surface area contributed by atoms with Gasteiger partial charge in [-0.3, -0.25) is 4.79 Å². The molecule has 7 heteroatoms. The zero-order valence-electron chi connectivity index (χ0n) is 16.5. The lowest BCUT2D eigenvalue weighted by atomic mass is 10.0. The molecular weight excluding hydrogens is 399 g/mol. The van der Waals surface area contributed by atoms with Gasteiger partial charge in [-0.2, -0.15) is 0 Å². The van der Waals surface area contributed by atoms with Crippen molar-refractivity contribution in [1.82, 2.24) is 10.2 Å². The highest BCUT2D eigenvalue weighted by Gasteiger charge is 2.21. The first kappa shape index (κ1) is 19.0. The number of esters is 1. The summed E-state index contributed by atoms with van der Waals surface area (Å²) < 4.78 is 29.8. The van der Waals surface area contributed by atoms with E-state index < -0.39 is 12.1 Å². The van der Waals surface area contributed by atoms with Gasteiger partial charge < -0.3 is 13.6 Å². The number of nitrogens with zero attached hydrogens (tertiary/aromatic N) is 2. The number of carbonyl (C=O) groups is 1. The van der Waals surface area contributed by atoms with Gasteiger partial charge in [-0.15, -0.1) is 10.2 Å². The molecule has 31 heavy (non-hydrogen) atoms. The molecule has 0 fully saturated rings. The summed E-state index contributed by atoms with van der Waals surface area (Å²) in [7, 11) is 0. The molecule has 0 amide bonds. The maximum absolute atomic E-state index is 13.1. The van der Waals surface area contributed by atoms with Gasteiger partial charge in [0.25, 0.3) is 5.89 Å². The van der Waals surface area contributed by atoms with E-state index in [2.05, 4.69) is 10.2 Å². The Balaban J connectivity index is 1.33. The number of aromatic nitrogens is 2. The average molecular weight is 416 g/mol. The molecule has 0 aliphatic heterocycles. The summed E-state index contributed by atoms with van der Waals surface area (Å²) in [6, 6.07) is 17.5. The summed E-state index contributed by atoms with van der Waals surface area (Å²) in [5.74, 6) is -0.407. The van der Waals surface area contributed by atoms with Crippen molar-refractivity contribution in [2.24, 2.45) is 0 Å².